The molecule has 3 nitrogen and oxygen atoms in total. The van der Waals surface area contributed by atoms with E-state index in [1.54, 1.807) is 0 Å². The van der Waals surface area contributed by atoms with Crippen LogP contribution in [0.1, 0.15) is 25.7 Å². The third-order valence-electron chi connectivity index (χ3n) is 1.58. The van der Waals surface area contributed by atoms with Crippen molar-refractivity contribution in [2.75, 3.05) is 0 Å². The van der Waals surface area contributed by atoms with E-state index in [4.69, 9.17) is 4.89 Å². The van der Waals surface area contributed by atoms with Gasteiger partial charge in [0.2, 0.25) is 0 Å². The molecule has 0 radical (unpaired) electrons. The molecule has 1 aliphatic rings. The summed E-state index contributed by atoms with van der Waals surface area (Å²) in [6.45, 7) is 0. The standard InChI is InChI=1S/C5H10FO3P/c6-10(7,8)9-5-3-1-2-4-5/h5H,1-4H2,(H,7,8). The first kappa shape index (κ1) is 8.18. The van der Waals surface area contributed by atoms with Crippen LogP contribution >= 0.6 is 7.91 Å². The summed E-state index contributed by atoms with van der Waals surface area (Å²) in [7, 11) is -4.71. The second-order valence-electron chi connectivity index (χ2n) is 2.46. The van der Waals surface area contributed by atoms with Crippen molar-refractivity contribution < 1.29 is 18.2 Å². The van der Waals surface area contributed by atoms with Gasteiger partial charge in [-0.05, 0) is 12.8 Å². The van der Waals surface area contributed by atoms with Crippen molar-refractivity contribution in [1.29, 1.82) is 0 Å². The van der Waals surface area contributed by atoms with Crippen LogP contribution in [0.15, 0.2) is 0 Å². The predicted molar refractivity (Wildman–Crippen MR) is 34.3 cm³/mol. The van der Waals surface area contributed by atoms with Gasteiger partial charge in [-0.25, -0.2) is 4.57 Å². The third-order valence-corrected chi connectivity index (χ3v) is 2.14. The molecule has 1 saturated carbocycles. The van der Waals surface area contributed by atoms with Crippen molar-refractivity contribution in [1.82, 2.24) is 0 Å². The Morgan fingerprint density at radius 3 is 2.40 bits per heavy atom. The SMILES string of the molecule is O=P(O)(F)OC1CCCC1. The predicted octanol–water partition coefficient (Wildman–Crippen LogP) is 2.02. The van der Waals surface area contributed by atoms with Gasteiger partial charge in [-0.2, -0.15) is 0 Å². The van der Waals surface area contributed by atoms with Crippen molar-refractivity contribution in [3.63, 3.8) is 0 Å². The Morgan fingerprint density at radius 2 is 2.00 bits per heavy atom. The largest absolute Gasteiger partial charge is 0.510 e. The van der Waals surface area contributed by atoms with Crippen LogP contribution in [0.2, 0.25) is 0 Å². The molecule has 0 aromatic carbocycles. The van der Waals surface area contributed by atoms with Crippen LogP contribution in [0.3, 0.4) is 0 Å². The minimum Gasteiger partial charge on any atom is -0.299 e. The van der Waals surface area contributed by atoms with Gasteiger partial charge in [0.05, 0.1) is 6.10 Å². The van der Waals surface area contributed by atoms with E-state index in [0.29, 0.717) is 12.8 Å². The molecule has 0 aliphatic heterocycles. The lowest BCUT2D eigenvalue weighted by Crippen LogP contribution is -2.02. The molecule has 5 heteroatoms. The zero-order valence-electron chi connectivity index (χ0n) is 5.49. The molecule has 60 valence electrons. The molecule has 1 aliphatic carbocycles. The Bertz CT molecular complexity index is 149. The number of hydrogen-bond acceptors (Lipinski definition) is 2. The zero-order chi connectivity index (χ0) is 7.61. The van der Waals surface area contributed by atoms with Crippen LogP contribution in [0.5, 0.6) is 0 Å². The van der Waals surface area contributed by atoms with Crippen molar-refractivity contribution >= 4 is 7.91 Å². The van der Waals surface area contributed by atoms with Gasteiger partial charge in [-0.1, -0.05) is 12.8 Å². The average molecular weight is 168 g/mol. The van der Waals surface area contributed by atoms with Crippen LogP contribution in [0.25, 0.3) is 0 Å². The second kappa shape index (κ2) is 2.99. The summed E-state index contributed by atoms with van der Waals surface area (Å²) >= 11 is 0. The van der Waals surface area contributed by atoms with Crippen molar-refractivity contribution in [3.05, 3.63) is 0 Å². The van der Waals surface area contributed by atoms with E-state index < -0.39 is 7.91 Å². The molecule has 1 atom stereocenters. The van der Waals surface area contributed by atoms with E-state index in [-0.39, 0.29) is 6.10 Å². The Kier molecular flexibility index (Phi) is 2.45. The van der Waals surface area contributed by atoms with Gasteiger partial charge in [0.15, 0.2) is 0 Å². The highest BCUT2D eigenvalue weighted by molar-refractivity contribution is 7.46. The molecule has 0 heterocycles. The van der Waals surface area contributed by atoms with Gasteiger partial charge in [-0.3, -0.25) is 9.42 Å². The summed E-state index contributed by atoms with van der Waals surface area (Å²) in [4.78, 5) is 8.14. The van der Waals surface area contributed by atoms with Crippen molar-refractivity contribution in [3.8, 4) is 0 Å². The van der Waals surface area contributed by atoms with Gasteiger partial charge in [-0.15, -0.1) is 4.20 Å². The fourth-order valence-corrected chi connectivity index (χ4v) is 1.76. The molecule has 1 rings (SSSR count). The van der Waals surface area contributed by atoms with Crippen molar-refractivity contribution in [2.45, 2.75) is 31.8 Å². The van der Waals surface area contributed by atoms with E-state index in [9.17, 15) is 8.76 Å². The van der Waals surface area contributed by atoms with Crippen LogP contribution in [-0.4, -0.2) is 11.0 Å². The Labute approximate surface area is 58.9 Å². The van der Waals surface area contributed by atoms with Crippen LogP contribution in [0, 0.1) is 0 Å². The minimum atomic E-state index is -4.71. The molecule has 0 aromatic heterocycles. The highest BCUT2D eigenvalue weighted by Crippen LogP contribution is 2.47. The van der Waals surface area contributed by atoms with Gasteiger partial charge in [0.25, 0.3) is 0 Å². The van der Waals surface area contributed by atoms with Gasteiger partial charge < -0.3 is 0 Å². The number of hydrogen-bond donors (Lipinski definition) is 1. The van der Waals surface area contributed by atoms with Crippen molar-refractivity contribution in [2.24, 2.45) is 0 Å². The normalized spacial score (nSPS) is 26.6. The van der Waals surface area contributed by atoms with Crippen LogP contribution in [0.4, 0.5) is 4.20 Å². The van der Waals surface area contributed by atoms with Gasteiger partial charge in [0.1, 0.15) is 0 Å². The molecule has 1 unspecified atom stereocenters. The smallest absolute Gasteiger partial charge is 0.299 e. The summed E-state index contributed by atoms with van der Waals surface area (Å²) in [6, 6.07) is 0. The molecule has 1 N–H and O–H groups in total. The summed E-state index contributed by atoms with van der Waals surface area (Å²) in [5.74, 6) is 0. The first-order valence-electron chi connectivity index (χ1n) is 3.29. The van der Waals surface area contributed by atoms with Crippen LogP contribution in [-0.2, 0) is 9.09 Å². The van der Waals surface area contributed by atoms with E-state index in [1.807, 2.05) is 0 Å². The van der Waals surface area contributed by atoms with E-state index >= 15 is 0 Å². The summed E-state index contributed by atoms with van der Waals surface area (Å²) < 4.78 is 26.2. The lowest BCUT2D eigenvalue weighted by atomic mass is 10.3. The lowest BCUT2D eigenvalue weighted by molar-refractivity contribution is 0.157. The molecule has 0 bridgehead atoms. The number of rotatable bonds is 2. The fraction of sp³-hybridized carbons (Fsp3) is 1.00. The van der Waals surface area contributed by atoms with Crippen LogP contribution < -0.4 is 0 Å². The maximum atomic E-state index is 11.9. The Hall–Kier alpha value is 0.0800. The van der Waals surface area contributed by atoms with Gasteiger partial charge in [0, 0.05) is 0 Å². The molecule has 0 amide bonds. The lowest BCUT2D eigenvalue weighted by Gasteiger charge is -2.08. The molecule has 0 aromatic rings. The molecule has 1 fully saturated rings. The molecule has 10 heavy (non-hydrogen) atoms. The Balaban J connectivity index is 2.31. The highest BCUT2D eigenvalue weighted by Gasteiger charge is 2.26. The topological polar surface area (TPSA) is 46.5 Å². The summed E-state index contributed by atoms with van der Waals surface area (Å²) in [6.07, 6.45) is 3.00. The monoisotopic (exact) mass is 168 g/mol. The number of halogens is 1. The van der Waals surface area contributed by atoms with Gasteiger partial charge >= 0.3 is 7.91 Å². The first-order valence-corrected chi connectivity index (χ1v) is 4.75. The molecule has 0 saturated heterocycles. The maximum Gasteiger partial charge on any atom is 0.510 e. The Morgan fingerprint density at radius 1 is 1.50 bits per heavy atom. The van der Waals surface area contributed by atoms with E-state index in [0.717, 1.165) is 12.8 Å². The average Bonchev–Trinajstić information content (AvgIpc) is 2.12. The van der Waals surface area contributed by atoms with E-state index in [2.05, 4.69) is 4.52 Å². The fourth-order valence-electron chi connectivity index (χ4n) is 1.18. The third kappa shape index (κ3) is 2.78. The highest BCUT2D eigenvalue weighted by atomic mass is 31.2. The quantitative estimate of drug-likeness (QED) is 0.641. The maximum absolute atomic E-state index is 11.9. The summed E-state index contributed by atoms with van der Waals surface area (Å²) in [5, 5.41) is 0. The zero-order valence-corrected chi connectivity index (χ0v) is 6.39. The molecule has 0 spiro atoms. The van der Waals surface area contributed by atoms with E-state index in [1.165, 1.54) is 0 Å². The molecular weight excluding hydrogens is 158 g/mol. The minimum absolute atomic E-state index is 0.333. The first-order chi connectivity index (χ1) is 4.58. The molecular formula is C5H10FO3P. The summed E-state index contributed by atoms with van der Waals surface area (Å²) in [5.41, 5.74) is 0. The second-order valence-corrected chi connectivity index (χ2v) is 3.58.